The number of nitrogens with zero attached hydrogens (tertiary/aromatic N) is 1. The number of rotatable bonds is 7. The Labute approximate surface area is 131 Å². The van der Waals surface area contributed by atoms with Crippen molar-refractivity contribution in [2.75, 3.05) is 46.1 Å². The van der Waals surface area contributed by atoms with Crippen molar-refractivity contribution < 1.29 is 14.3 Å². The third-order valence-electron chi connectivity index (χ3n) is 3.63. The lowest BCUT2D eigenvalue weighted by Gasteiger charge is -2.26. The minimum Gasteiger partial charge on any atom is -0.473 e. The second kappa shape index (κ2) is 9.27. The van der Waals surface area contributed by atoms with Crippen LogP contribution >= 0.6 is 0 Å². The number of amides is 2. The SMILES string of the molecule is CCc1ccccc1OCNC(=O)NCCN1CCOCC1. The van der Waals surface area contributed by atoms with Gasteiger partial charge in [0.15, 0.2) is 6.73 Å². The van der Waals surface area contributed by atoms with Crippen LogP contribution in [0, 0.1) is 0 Å². The standard InChI is InChI=1S/C16H25N3O3/c1-2-14-5-3-4-6-15(14)22-13-18-16(20)17-7-8-19-9-11-21-12-10-19/h3-6H,2,7-13H2,1H3,(H2,17,18,20). The Hall–Kier alpha value is -1.79. The molecule has 1 fully saturated rings. The zero-order chi connectivity index (χ0) is 15.6. The fourth-order valence-electron chi connectivity index (χ4n) is 2.33. The maximum atomic E-state index is 11.7. The topological polar surface area (TPSA) is 62.8 Å². The van der Waals surface area contributed by atoms with Crippen LogP contribution in [-0.2, 0) is 11.2 Å². The van der Waals surface area contributed by atoms with Crippen molar-refractivity contribution in [1.82, 2.24) is 15.5 Å². The molecular weight excluding hydrogens is 282 g/mol. The molecule has 22 heavy (non-hydrogen) atoms. The summed E-state index contributed by atoms with van der Waals surface area (Å²) in [4.78, 5) is 14.0. The molecule has 1 aromatic rings. The molecule has 2 rings (SSSR count). The Balaban J connectivity index is 1.59. The maximum Gasteiger partial charge on any atom is 0.317 e. The monoisotopic (exact) mass is 307 g/mol. The van der Waals surface area contributed by atoms with Crippen molar-refractivity contribution in [3.63, 3.8) is 0 Å². The molecule has 2 N–H and O–H groups in total. The van der Waals surface area contributed by atoms with Crippen molar-refractivity contribution in [2.45, 2.75) is 13.3 Å². The highest BCUT2D eigenvalue weighted by molar-refractivity contribution is 5.73. The van der Waals surface area contributed by atoms with Gasteiger partial charge in [-0.05, 0) is 18.1 Å². The second-order valence-electron chi connectivity index (χ2n) is 5.14. The van der Waals surface area contributed by atoms with Gasteiger partial charge in [-0.25, -0.2) is 4.79 Å². The van der Waals surface area contributed by atoms with Crippen LogP contribution < -0.4 is 15.4 Å². The van der Waals surface area contributed by atoms with E-state index in [-0.39, 0.29) is 12.8 Å². The van der Waals surface area contributed by atoms with E-state index in [1.54, 1.807) is 0 Å². The highest BCUT2D eigenvalue weighted by atomic mass is 16.5. The van der Waals surface area contributed by atoms with E-state index < -0.39 is 0 Å². The van der Waals surface area contributed by atoms with Crippen molar-refractivity contribution in [2.24, 2.45) is 0 Å². The summed E-state index contributed by atoms with van der Waals surface area (Å²) >= 11 is 0. The second-order valence-corrected chi connectivity index (χ2v) is 5.14. The number of aryl methyl sites for hydroxylation is 1. The van der Waals surface area contributed by atoms with Crippen LogP contribution in [0.1, 0.15) is 12.5 Å². The zero-order valence-electron chi connectivity index (χ0n) is 13.1. The summed E-state index contributed by atoms with van der Waals surface area (Å²) in [5, 5.41) is 5.54. The number of nitrogens with one attached hydrogen (secondary N) is 2. The smallest absolute Gasteiger partial charge is 0.317 e. The van der Waals surface area contributed by atoms with Gasteiger partial charge < -0.3 is 20.1 Å². The van der Waals surface area contributed by atoms with Crippen LogP contribution in [0.5, 0.6) is 5.75 Å². The van der Waals surface area contributed by atoms with Crippen LogP contribution in [0.4, 0.5) is 4.79 Å². The average Bonchev–Trinajstić information content (AvgIpc) is 2.56. The van der Waals surface area contributed by atoms with E-state index in [1.807, 2.05) is 24.3 Å². The third-order valence-corrected chi connectivity index (χ3v) is 3.63. The van der Waals surface area contributed by atoms with E-state index in [0.29, 0.717) is 6.54 Å². The highest BCUT2D eigenvalue weighted by Gasteiger charge is 2.10. The van der Waals surface area contributed by atoms with Gasteiger partial charge in [-0.2, -0.15) is 0 Å². The maximum absolute atomic E-state index is 11.7. The number of benzene rings is 1. The molecule has 0 spiro atoms. The molecule has 0 aliphatic carbocycles. The number of morpholine rings is 1. The van der Waals surface area contributed by atoms with Crippen LogP contribution in [-0.4, -0.2) is 57.1 Å². The molecule has 1 aliphatic rings. The number of carbonyl (C=O) groups is 1. The summed E-state index contributed by atoms with van der Waals surface area (Å²) in [7, 11) is 0. The minimum atomic E-state index is -0.206. The number of ether oxygens (including phenoxy) is 2. The normalized spacial score (nSPS) is 15.3. The van der Waals surface area contributed by atoms with Gasteiger partial charge in [-0.1, -0.05) is 25.1 Å². The molecule has 1 aliphatic heterocycles. The molecule has 122 valence electrons. The summed E-state index contributed by atoms with van der Waals surface area (Å²) in [6.45, 7) is 7.12. The van der Waals surface area contributed by atoms with Gasteiger partial charge in [0, 0.05) is 26.2 Å². The lowest BCUT2D eigenvalue weighted by molar-refractivity contribution is 0.0387. The Kier molecular flexibility index (Phi) is 6.99. The average molecular weight is 307 g/mol. The molecule has 1 saturated heterocycles. The molecule has 2 amide bonds. The molecule has 0 radical (unpaired) electrons. The Morgan fingerprint density at radius 3 is 2.82 bits per heavy atom. The first-order valence-electron chi connectivity index (χ1n) is 7.82. The number of para-hydroxylation sites is 1. The molecule has 1 aromatic carbocycles. The molecule has 0 unspecified atom stereocenters. The van der Waals surface area contributed by atoms with Crippen LogP contribution in [0.15, 0.2) is 24.3 Å². The third kappa shape index (κ3) is 5.54. The molecule has 0 saturated carbocycles. The molecule has 0 atom stereocenters. The van der Waals surface area contributed by atoms with Crippen molar-refractivity contribution >= 4 is 6.03 Å². The first-order valence-corrected chi connectivity index (χ1v) is 7.82. The van der Waals surface area contributed by atoms with Crippen molar-refractivity contribution in [3.05, 3.63) is 29.8 Å². The molecule has 6 nitrogen and oxygen atoms in total. The Morgan fingerprint density at radius 2 is 2.05 bits per heavy atom. The fourth-order valence-corrected chi connectivity index (χ4v) is 2.33. The highest BCUT2D eigenvalue weighted by Crippen LogP contribution is 2.17. The van der Waals surface area contributed by atoms with E-state index in [1.165, 1.54) is 0 Å². The van der Waals surface area contributed by atoms with Gasteiger partial charge in [0.05, 0.1) is 13.2 Å². The van der Waals surface area contributed by atoms with E-state index in [0.717, 1.165) is 50.6 Å². The van der Waals surface area contributed by atoms with Gasteiger partial charge in [0.2, 0.25) is 0 Å². The van der Waals surface area contributed by atoms with Gasteiger partial charge in [0.25, 0.3) is 0 Å². The minimum absolute atomic E-state index is 0.167. The lowest BCUT2D eigenvalue weighted by Crippen LogP contribution is -2.44. The quantitative estimate of drug-likeness (QED) is 0.744. The summed E-state index contributed by atoms with van der Waals surface area (Å²) < 4.78 is 10.9. The van der Waals surface area contributed by atoms with Crippen LogP contribution in [0.25, 0.3) is 0 Å². The van der Waals surface area contributed by atoms with Crippen LogP contribution in [0.2, 0.25) is 0 Å². The lowest BCUT2D eigenvalue weighted by atomic mass is 10.1. The summed E-state index contributed by atoms with van der Waals surface area (Å²) in [6, 6.07) is 7.64. The summed E-state index contributed by atoms with van der Waals surface area (Å²) in [5.41, 5.74) is 1.14. The molecule has 1 heterocycles. The predicted molar refractivity (Wildman–Crippen MR) is 85.1 cm³/mol. The van der Waals surface area contributed by atoms with Crippen molar-refractivity contribution in [1.29, 1.82) is 0 Å². The number of urea groups is 1. The van der Waals surface area contributed by atoms with Gasteiger partial charge in [-0.3, -0.25) is 4.90 Å². The van der Waals surface area contributed by atoms with Gasteiger partial charge in [0.1, 0.15) is 5.75 Å². The molecule has 0 aromatic heterocycles. The van der Waals surface area contributed by atoms with E-state index in [9.17, 15) is 4.79 Å². The van der Waals surface area contributed by atoms with E-state index in [4.69, 9.17) is 9.47 Å². The van der Waals surface area contributed by atoms with E-state index >= 15 is 0 Å². The number of carbonyl (C=O) groups excluding carboxylic acids is 1. The summed E-state index contributed by atoms with van der Waals surface area (Å²) in [5.74, 6) is 0.818. The number of hydrogen-bond donors (Lipinski definition) is 2. The predicted octanol–water partition coefficient (Wildman–Crippen LogP) is 1.22. The molecule has 6 heteroatoms. The van der Waals surface area contributed by atoms with E-state index in [2.05, 4.69) is 22.5 Å². The molecular formula is C16H25N3O3. The summed E-state index contributed by atoms with van der Waals surface area (Å²) in [6.07, 6.45) is 0.905. The molecule has 0 bridgehead atoms. The zero-order valence-corrected chi connectivity index (χ0v) is 13.1. The Bertz CT molecular complexity index is 462. The Morgan fingerprint density at radius 1 is 1.27 bits per heavy atom. The fraction of sp³-hybridized carbons (Fsp3) is 0.562. The van der Waals surface area contributed by atoms with Gasteiger partial charge in [-0.15, -0.1) is 0 Å². The van der Waals surface area contributed by atoms with Crippen LogP contribution in [0.3, 0.4) is 0 Å². The number of hydrogen-bond acceptors (Lipinski definition) is 4. The largest absolute Gasteiger partial charge is 0.473 e. The first-order chi connectivity index (χ1) is 10.8. The van der Waals surface area contributed by atoms with Gasteiger partial charge >= 0.3 is 6.03 Å². The first kappa shape index (κ1) is 16.6. The van der Waals surface area contributed by atoms with Crippen molar-refractivity contribution in [3.8, 4) is 5.75 Å².